The van der Waals surface area contributed by atoms with Crippen LogP contribution in [0, 0.1) is 5.92 Å². The number of carbonyl (C=O) groups is 1. The van der Waals surface area contributed by atoms with E-state index in [2.05, 4.69) is 24.8 Å². The first-order valence-corrected chi connectivity index (χ1v) is 12.3. The van der Waals surface area contributed by atoms with E-state index in [1.807, 2.05) is 24.4 Å². The number of aromatic nitrogens is 1. The number of nitrogens with zero attached hydrogens (tertiary/aromatic N) is 5. The van der Waals surface area contributed by atoms with E-state index in [1.54, 1.807) is 24.0 Å². The number of hydrogen-bond donors (Lipinski definition) is 1. The van der Waals surface area contributed by atoms with E-state index in [4.69, 9.17) is 25.2 Å². The molecule has 0 saturated carbocycles. The lowest BCUT2D eigenvalue weighted by Crippen LogP contribution is -2.50. The zero-order valence-electron chi connectivity index (χ0n) is 20.9. The molecule has 35 heavy (non-hydrogen) atoms. The summed E-state index contributed by atoms with van der Waals surface area (Å²) in [7, 11) is 3.25. The van der Waals surface area contributed by atoms with Crippen molar-refractivity contribution in [2.24, 2.45) is 16.6 Å². The molecule has 1 atom stereocenters. The zero-order chi connectivity index (χ0) is 24.7. The van der Waals surface area contributed by atoms with Crippen molar-refractivity contribution in [2.45, 2.75) is 45.3 Å². The summed E-state index contributed by atoms with van der Waals surface area (Å²) < 4.78 is 10.9. The van der Waals surface area contributed by atoms with Crippen molar-refractivity contribution < 1.29 is 14.3 Å². The van der Waals surface area contributed by atoms with E-state index in [0.717, 1.165) is 48.6 Å². The number of nitrogens with two attached hydrogens (primary N) is 1. The first kappa shape index (κ1) is 23.4. The molecule has 2 amide bonds. The van der Waals surface area contributed by atoms with Gasteiger partial charge in [-0.1, -0.05) is 13.8 Å². The van der Waals surface area contributed by atoms with Crippen LogP contribution >= 0.6 is 0 Å². The van der Waals surface area contributed by atoms with Crippen LogP contribution in [0.1, 0.15) is 37.9 Å². The Morgan fingerprint density at radius 3 is 2.40 bits per heavy atom. The van der Waals surface area contributed by atoms with Crippen molar-refractivity contribution in [2.75, 3.05) is 43.7 Å². The summed E-state index contributed by atoms with van der Waals surface area (Å²) in [5.41, 5.74) is 9.57. The Morgan fingerprint density at radius 2 is 1.77 bits per heavy atom. The van der Waals surface area contributed by atoms with Crippen LogP contribution in [0.25, 0.3) is 0 Å². The van der Waals surface area contributed by atoms with Crippen LogP contribution in [0.3, 0.4) is 0 Å². The zero-order valence-corrected chi connectivity index (χ0v) is 20.9. The Hall–Kier alpha value is -3.33. The molecule has 2 aromatic rings. The standard InChI is InChI=1S/C26H34N6O3/c1-16(2)22-15-32-25(29-22)24-23(11-19(13-28-24)30-7-5-18(27)6-8-30)31(26(32)33)14-17-9-20(34-3)12-21(10-17)35-4/h9-13,16,18,22H,5-8,14-15,27H2,1-4H3. The van der Waals surface area contributed by atoms with E-state index < -0.39 is 0 Å². The van der Waals surface area contributed by atoms with Gasteiger partial charge in [0.1, 0.15) is 17.2 Å². The predicted molar refractivity (Wildman–Crippen MR) is 137 cm³/mol. The predicted octanol–water partition coefficient (Wildman–Crippen LogP) is 3.25. The molecule has 9 heteroatoms. The van der Waals surface area contributed by atoms with E-state index in [0.29, 0.717) is 36.3 Å². The average Bonchev–Trinajstić information content (AvgIpc) is 3.33. The summed E-state index contributed by atoms with van der Waals surface area (Å²) in [5, 5.41) is 0. The molecule has 1 fully saturated rings. The lowest BCUT2D eigenvalue weighted by Gasteiger charge is -2.37. The molecule has 0 spiro atoms. The number of fused-ring (bicyclic) bond motifs is 3. The van der Waals surface area contributed by atoms with Crippen LogP contribution in [-0.4, -0.2) is 67.7 Å². The lowest BCUT2D eigenvalue weighted by molar-refractivity contribution is 0.225. The van der Waals surface area contributed by atoms with Gasteiger partial charge in [0, 0.05) is 25.2 Å². The largest absolute Gasteiger partial charge is 0.497 e. The van der Waals surface area contributed by atoms with Crippen molar-refractivity contribution in [1.29, 1.82) is 0 Å². The summed E-state index contributed by atoms with van der Waals surface area (Å²) in [6.45, 7) is 6.96. The summed E-state index contributed by atoms with van der Waals surface area (Å²) in [5.74, 6) is 2.38. The fraction of sp³-hybridized carbons (Fsp3) is 0.500. The molecule has 9 nitrogen and oxygen atoms in total. The minimum Gasteiger partial charge on any atom is -0.497 e. The number of aliphatic imine (C=N–C) groups is 1. The van der Waals surface area contributed by atoms with E-state index in [1.165, 1.54) is 0 Å². The Labute approximate surface area is 206 Å². The van der Waals surface area contributed by atoms with Crippen molar-refractivity contribution in [3.05, 3.63) is 41.7 Å². The second-order valence-electron chi connectivity index (χ2n) is 9.85. The van der Waals surface area contributed by atoms with E-state index in [-0.39, 0.29) is 18.1 Å². The molecule has 0 aliphatic carbocycles. The summed E-state index contributed by atoms with van der Waals surface area (Å²) in [6, 6.07) is 8.00. The third kappa shape index (κ3) is 4.40. The van der Waals surface area contributed by atoms with Gasteiger partial charge in [0.05, 0.1) is 50.9 Å². The van der Waals surface area contributed by atoms with Gasteiger partial charge in [0.25, 0.3) is 0 Å². The van der Waals surface area contributed by atoms with Crippen molar-refractivity contribution in [3.63, 3.8) is 0 Å². The molecule has 2 N–H and O–H groups in total. The number of hydrogen-bond acceptors (Lipinski definition) is 7. The number of pyridine rings is 1. The Kier molecular flexibility index (Phi) is 6.27. The molecule has 1 aromatic heterocycles. The quantitative estimate of drug-likeness (QED) is 0.685. The first-order valence-electron chi connectivity index (χ1n) is 12.3. The Balaban J connectivity index is 1.56. The second-order valence-corrected chi connectivity index (χ2v) is 9.85. The monoisotopic (exact) mass is 478 g/mol. The highest BCUT2D eigenvalue weighted by Crippen LogP contribution is 2.36. The fourth-order valence-electron chi connectivity index (χ4n) is 4.95. The molecule has 3 aliphatic rings. The van der Waals surface area contributed by atoms with Crippen LogP contribution in [0.15, 0.2) is 35.5 Å². The first-order chi connectivity index (χ1) is 16.9. The highest BCUT2D eigenvalue weighted by atomic mass is 16.5. The number of ether oxygens (including phenoxy) is 2. The maximum absolute atomic E-state index is 13.8. The highest BCUT2D eigenvalue weighted by molar-refractivity contribution is 6.19. The number of rotatable bonds is 6. The molecular weight excluding hydrogens is 444 g/mol. The lowest BCUT2D eigenvalue weighted by atomic mass is 10.0. The van der Waals surface area contributed by atoms with Crippen molar-refractivity contribution in [1.82, 2.24) is 9.88 Å². The Bertz CT molecular complexity index is 1120. The number of anilines is 2. The van der Waals surface area contributed by atoms with Crippen LogP contribution < -0.4 is 25.0 Å². The SMILES string of the molecule is COc1cc(CN2C(=O)N3CC(C(C)C)N=C3c3ncc(N4CCC(N)CC4)cc32)cc(OC)c1. The number of piperidine rings is 1. The molecule has 0 radical (unpaired) electrons. The van der Waals surface area contributed by atoms with Gasteiger partial charge in [0.15, 0.2) is 5.84 Å². The molecule has 3 aliphatic heterocycles. The fourth-order valence-corrected chi connectivity index (χ4v) is 4.95. The maximum Gasteiger partial charge on any atom is 0.330 e. The second kappa shape index (κ2) is 9.37. The summed E-state index contributed by atoms with van der Waals surface area (Å²) in [4.78, 5) is 29.5. The van der Waals surface area contributed by atoms with Crippen molar-refractivity contribution >= 4 is 23.2 Å². The third-order valence-electron chi connectivity index (χ3n) is 7.16. The minimum absolute atomic E-state index is 0.0590. The molecule has 1 unspecified atom stereocenters. The molecule has 5 rings (SSSR count). The highest BCUT2D eigenvalue weighted by Gasteiger charge is 2.42. The van der Waals surface area contributed by atoms with Crippen LogP contribution in [0.4, 0.5) is 16.2 Å². The van der Waals surface area contributed by atoms with Crippen LogP contribution in [-0.2, 0) is 6.54 Å². The normalized spacial score (nSPS) is 20.2. The number of amidine groups is 1. The minimum atomic E-state index is -0.0826. The van der Waals surface area contributed by atoms with Gasteiger partial charge in [-0.2, -0.15) is 0 Å². The molecule has 1 aromatic carbocycles. The summed E-state index contributed by atoms with van der Waals surface area (Å²) in [6.07, 6.45) is 3.79. The van der Waals surface area contributed by atoms with Gasteiger partial charge >= 0.3 is 6.03 Å². The van der Waals surface area contributed by atoms with Gasteiger partial charge in [-0.15, -0.1) is 0 Å². The molecule has 186 valence electrons. The number of methoxy groups -OCH3 is 2. The maximum atomic E-state index is 13.8. The molecule has 0 bridgehead atoms. The van der Waals surface area contributed by atoms with Crippen molar-refractivity contribution in [3.8, 4) is 11.5 Å². The molecule has 1 saturated heterocycles. The van der Waals surface area contributed by atoms with E-state index >= 15 is 0 Å². The number of amides is 2. The number of benzene rings is 1. The van der Waals surface area contributed by atoms with Gasteiger partial charge in [-0.25, -0.2) is 9.78 Å². The Morgan fingerprint density at radius 1 is 1.09 bits per heavy atom. The summed E-state index contributed by atoms with van der Waals surface area (Å²) >= 11 is 0. The molecular formula is C26H34N6O3. The number of urea groups is 1. The van der Waals surface area contributed by atoms with Gasteiger partial charge < -0.3 is 20.1 Å². The third-order valence-corrected chi connectivity index (χ3v) is 7.16. The van der Waals surface area contributed by atoms with E-state index in [9.17, 15) is 4.79 Å². The smallest absolute Gasteiger partial charge is 0.330 e. The van der Waals surface area contributed by atoms with Gasteiger partial charge in [-0.3, -0.25) is 14.8 Å². The van der Waals surface area contributed by atoms with Crippen LogP contribution in [0.2, 0.25) is 0 Å². The molecule has 4 heterocycles. The van der Waals surface area contributed by atoms with Gasteiger partial charge in [0.2, 0.25) is 0 Å². The average molecular weight is 479 g/mol. The van der Waals surface area contributed by atoms with Crippen LogP contribution in [0.5, 0.6) is 11.5 Å². The topological polar surface area (TPSA) is 96.5 Å². The van der Waals surface area contributed by atoms with Gasteiger partial charge in [-0.05, 0) is 42.5 Å². The number of carbonyl (C=O) groups excluding carboxylic acids is 1.